The Bertz CT molecular complexity index is 1060. The number of pyridine rings is 1. The standard InChI is InChI=1S/C23H22ClN3O3/c1-2-19(26-13-15-7-9-25-10-8-15)16-3-4-17-14-27(23(28)29)20-12-18(24)5-6-21(20)30-22(17)11-16/h3-12,19,26H,2,13-14H2,1H3,(H,28,29)/p-1. The molecular formula is C23H21ClN3O3-. The molecule has 0 saturated heterocycles. The van der Waals surface area contributed by atoms with Gasteiger partial charge in [-0.1, -0.05) is 30.7 Å². The molecule has 0 bridgehead atoms. The molecule has 0 fully saturated rings. The Morgan fingerprint density at radius 1 is 1.20 bits per heavy atom. The van der Waals surface area contributed by atoms with E-state index in [0.717, 1.165) is 34.6 Å². The second-order valence-corrected chi connectivity index (χ2v) is 7.57. The third-order valence-electron chi connectivity index (χ3n) is 5.18. The highest BCUT2D eigenvalue weighted by atomic mass is 35.5. The number of anilines is 1. The smallest absolute Gasteiger partial charge is 0.151 e. The number of nitrogens with zero attached hydrogens (tertiary/aromatic N) is 2. The predicted octanol–water partition coefficient (Wildman–Crippen LogP) is 4.43. The van der Waals surface area contributed by atoms with Gasteiger partial charge in [0.2, 0.25) is 0 Å². The van der Waals surface area contributed by atoms with Crippen molar-refractivity contribution in [3.63, 3.8) is 0 Å². The van der Waals surface area contributed by atoms with Crippen LogP contribution in [-0.2, 0) is 13.1 Å². The number of fused-ring (bicyclic) bond motifs is 2. The van der Waals surface area contributed by atoms with Crippen LogP contribution in [0.4, 0.5) is 10.5 Å². The van der Waals surface area contributed by atoms with Gasteiger partial charge in [0, 0.05) is 35.6 Å². The average molecular weight is 423 g/mol. The van der Waals surface area contributed by atoms with Crippen molar-refractivity contribution in [1.29, 1.82) is 0 Å². The van der Waals surface area contributed by atoms with Gasteiger partial charge in [0.25, 0.3) is 0 Å². The summed E-state index contributed by atoms with van der Waals surface area (Å²) in [6, 6.07) is 14.9. The van der Waals surface area contributed by atoms with Crippen molar-refractivity contribution in [2.45, 2.75) is 32.5 Å². The second-order valence-electron chi connectivity index (χ2n) is 7.13. The Morgan fingerprint density at radius 2 is 2.00 bits per heavy atom. The Balaban J connectivity index is 1.63. The van der Waals surface area contributed by atoms with Crippen molar-refractivity contribution >= 4 is 23.4 Å². The summed E-state index contributed by atoms with van der Waals surface area (Å²) in [7, 11) is 0. The van der Waals surface area contributed by atoms with Gasteiger partial charge in [0.05, 0.1) is 12.2 Å². The van der Waals surface area contributed by atoms with Crippen molar-refractivity contribution in [3.8, 4) is 11.5 Å². The molecule has 1 atom stereocenters. The Hall–Kier alpha value is -3.09. The van der Waals surface area contributed by atoms with E-state index in [9.17, 15) is 9.90 Å². The minimum Gasteiger partial charge on any atom is -0.530 e. The first-order valence-corrected chi connectivity index (χ1v) is 10.1. The number of amides is 1. The fourth-order valence-electron chi connectivity index (χ4n) is 3.58. The van der Waals surface area contributed by atoms with E-state index >= 15 is 0 Å². The van der Waals surface area contributed by atoms with Gasteiger partial charge < -0.3 is 24.9 Å². The van der Waals surface area contributed by atoms with Crippen molar-refractivity contribution in [2.24, 2.45) is 0 Å². The van der Waals surface area contributed by atoms with Gasteiger partial charge in [0.1, 0.15) is 11.8 Å². The minimum atomic E-state index is -1.30. The first kappa shape index (κ1) is 20.2. The van der Waals surface area contributed by atoms with E-state index in [2.05, 4.69) is 17.2 Å². The number of ether oxygens (including phenoxy) is 1. The fraction of sp³-hybridized carbons (Fsp3) is 0.217. The molecule has 0 radical (unpaired) electrons. The molecule has 1 unspecified atom stereocenters. The van der Waals surface area contributed by atoms with Gasteiger partial charge in [-0.15, -0.1) is 0 Å². The van der Waals surface area contributed by atoms with E-state index in [0.29, 0.717) is 22.2 Å². The Labute approximate surface area is 180 Å². The van der Waals surface area contributed by atoms with E-state index in [1.165, 1.54) is 0 Å². The monoisotopic (exact) mass is 422 g/mol. The molecule has 6 nitrogen and oxygen atoms in total. The van der Waals surface area contributed by atoms with Crippen LogP contribution in [-0.4, -0.2) is 11.1 Å². The minimum absolute atomic E-state index is 0.122. The van der Waals surface area contributed by atoms with Gasteiger partial charge in [-0.2, -0.15) is 0 Å². The lowest BCUT2D eigenvalue weighted by Crippen LogP contribution is -2.40. The van der Waals surface area contributed by atoms with Crippen LogP contribution in [0.25, 0.3) is 0 Å². The summed E-state index contributed by atoms with van der Waals surface area (Å²) in [5.74, 6) is 1.06. The first-order valence-electron chi connectivity index (χ1n) is 9.76. The molecule has 1 N–H and O–H groups in total. The van der Waals surface area contributed by atoms with E-state index in [4.69, 9.17) is 16.3 Å². The van der Waals surface area contributed by atoms with Gasteiger partial charge in [0.15, 0.2) is 5.75 Å². The number of carbonyl (C=O) groups excluding carboxylic acids is 1. The van der Waals surface area contributed by atoms with E-state index in [-0.39, 0.29) is 12.6 Å². The van der Waals surface area contributed by atoms with Crippen LogP contribution >= 0.6 is 11.6 Å². The zero-order valence-corrected chi connectivity index (χ0v) is 17.2. The van der Waals surface area contributed by atoms with Gasteiger partial charge in [-0.3, -0.25) is 4.98 Å². The van der Waals surface area contributed by atoms with Crippen molar-refractivity contribution in [3.05, 3.63) is 82.6 Å². The van der Waals surface area contributed by atoms with E-state index in [1.807, 2.05) is 30.3 Å². The van der Waals surface area contributed by atoms with Crippen molar-refractivity contribution < 1.29 is 14.6 Å². The summed E-state index contributed by atoms with van der Waals surface area (Å²) in [5, 5.41) is 15.7. The molecule has 30 heavy (non-hydrogen) atoms. The molecule has 2 aromatic carbocycles. The highest BCUT2D eigenvalue weighted by Crippen LogP contribution is 2.41. The molecule has 2 heterocycles. The van der Waals surface area contributed by atoms with Crippen LogP contribution in [0.1, 0.15) is 36.1 Å². The quantitative estimate of drug-likeness (QED) is 0.658. The van der Waals surface area contributed by atoms with E-state index < -0.39 is 6.09 Å². The second kappa shape index (κ2) is 8.73. The topological polar surface area (TPSA) is 77.5 Å². The molecule has 1 amide bonds. The molecule has 0 spiro atoms. The molecule has 154 valence electrons. The number of aromatic nitrogens is 1. The predicted molar refractivity (Wildman–Crippen MR) is 114 cm³/mol. The summed E-state index contributed by atoms with van der Waals surface area (Å²) in [6.07, 6.45) is 3.15. The highest BCUT2D eigenvalue weighted by Gasteiger charge is 2.23. The van der Waals surface area contributed by atoms with Crippen molar-refractivity contribution in [2.75, 3.05) is 4.90 Å². The summed E-state index contributed by atoms with van der Waals surface area (Å²) in [6.45, 7) is 2.97. The van der Waals surface area contributed by atoms with Crippen LogP contribution in [0.3, 0.4) is 0 Å². The number of carboxylic acid groups (broad SMARTS) is 1. The highest BCUT2D eigenvalue weighted by molar-refractivity contribution is 6.31. The number of rotatable bonds is 5. The lowest BCUT2D eigenvalue weighted by atomic mass is 10.0. The number of carbonyl (C=O) groups is 1. The first-order chi connectivity index (χ1) is 14.5. The number of halogens is 1. The zero-order valence-electron chi connectivity index (χ0n) is 16.5. The molecular weight excluding hydrogens is 402 g/mol. The molecule has 3 aromatic rings. The molecule has 7 heteroatoms. The summed E-state index contributed by atoms with van der Waals surface area (Å²) in [4.78, 5) is 16.9. The fourth-order valence-corrected chi connectivity index (χ4v) is 3.74. The van der Waals surface area contributed by atoms with Crippen LogP contribution < -0.4 is 20.1 Å². The van der Waals surface area contributed by atoms with Crippen LogP contribution in [0.15, 0.2) is 60.9 Å². The number of hydrogen-bond donors (Lipinski definition) is 1. The largest absolute Gasteiger partial charge is 0.530 e. The summed E-state index contributed by atoms with van der Waals surface area (Å²) < 4.78 is 6.11. The SMILES string of the molecule is CCC(NCc1ccncc1)c1ccc2c(c1)Oc1ccc(Cl)cc1N(C(=O)[O-])C2. The maximum atomic E-state index is 11.7. The molecule has 1 aliphatic rings. The van der Waals surface area contributed by atoms with Gasteiger partial charge in [-0.05, 0) is 53.9 Å². The lowest BCUT2D eigenvalue weighted by molar-refractivity contribution is -0.246. The van der Waals surface area contributed by atoms with Crippen LogP contribution in [0.2, 0.25) is 5.02 Å². The molecule has 4 rings (SSSR count). The number of hydrogen-bond acceptors (Lipinski definition) is 5. The Morgan fingerprint density at radius 3 is 2.73 bits per heavy atom. The third kappa shape index (κ3) is 4.25. The van der Waals surface area contributed by atoms with Crippen LogP contribution in [0, 0.1) is 0 Å². The number of benzene rings is 2. The summed E-state index contributed by atoms with van der Waals surface area (Å²) in [5.41, 5.74) is 3.37. The normalized spacial score (nSPS) is 13.6. The molecule has 1 aliphatic heterocycles. The van der Waals surface area contributed by atoms with Crippen LogP contribution in [0.5, 0.6) is 11.5 Å². The van der Waals surface area contributed by atoms with E-state index in [1.54, 1.807) is 30.6 Å². The lowest BCUT2D eigenvalue weighted by Gasteiger charge is -2.24. The van der Waals surface area contributed by atoms with Crippen molar-refractivity contribution in [1.82, 2.24) is 10.3 Å². The summed E-state index contributed by atoms with van der Waals surface area (Å²) >= 11 is 6.07. The molecule has 0 saturated carbocycles. The third-order valence-corrected chi connectivity index (χ3v) is 5.42. The Kier molecular flexibility index (Phi) is 5.88. The molecule has 1 aromatic heterocycles. The maximum Gasteiger partial charge on any atom is 0.151 e. The zero-order chi connectivity index (χ0) is 21.1. The van der Waals surface area contributed by atoms with Gasteiger partial charge in [-0.25, -0.2) is 0 Å². The average Bonchev–Trinajstić information content (AvgIpc) is 2.91. The maximum absolute atomic E-state index is 11.7. The van der Waals surface area contributed by atoms with Gasteiger partial charge >= 0.3 is 0 Å². The number of nitrogens with one attached hydrogen (secondary N) is 1. The molecule has 0 aliphatic carbocycles.